The van der Waals surface area contributed by atoms with Crippen molar-refractivity contribution in [2.45, 2.75) is 38.1 Å². The fourth-order valence-electron chi connectivity index (χ4n) is 4.57. The molecule has 1 unspecified atom stereocenters. The Kier molecular flexibility index (Phi) is 5.61. The van der Waals surface area contributed by atoms with E-state index in [9.17, 15) is 9.59 Å². The highest BCUT2D eigenvalue weighted by Gasteiger charge is 2.30. The minimum atomic E-state index is -0.0703. The molecule has 5 rings (SSSR count). The summed E-state index contributed by atoms with van der Waals surface area (Å²) in [7, 11) is 1.66. The molecule has 7 nitrogen and oxygen atoms in total. The van der Waals surface area contributed by atoms with E-state index in [0.29, 0.717) is 24.4 Å². The number of benzene rings is 1. The molecule has 1 aliphatic heterocycles. The second-order valence-corrected chi connectivity index (χ2v) is 9.20. The highest BCUT2D eigenvalue weighted by molar-refractivity contribution is 7.21. The zero-order chi connectivity index (χ0) is 22.1. The normalized spacial score (nSPS) is 16.9. The maximum absolute atomic E-state index is 13.5. The van der Waals surface area contributed by atoms with Crippen molar-refractivity contribution >= 4 is 39.0 Å². The quantitative estimate of drug-likeness (QED) is 0.514. The predicted molar refractivity (Wildman–Crippen MR) is 125 cm³/mol. The van der Waals surface area contributed by atoms with Crippen molar-refractivity contribution in [3.63, 3.8) is 0 Å². The number of imidazole rings is 1. The summed E-state index contributed by atoms with van der Waals surface area (Å²) in [4.78, 5) is 37.6. The van der Waals surface area contributed by atoms with Gasteiger partial charge in [-0.25, -0.2) is 9.97 Å². The first-order valence-corrected chi connectivity index (χ1v) is 11.8. The Morgan fingerprint density at radius 3 is 2.91 bits per heavy atom. The number of amides is 2. The van der Waals surface area contributed by atoms with E-state index < -0.39 is 0 Å². The lowest BCUT2D eigenvalue weighted by molar-refractivity contribution is 0.0677. The van der Waals surface area contributed by atoms with Gasteiger partial charge in [0.05, 0.1) is 4.88 Å². The molecule has 4 heterocycles. The van der Waals surface area contributed by atoms with Crippen LogP contribution in [0, 0.1) is 0 Å². The average molecular weight is 448 g/mol. The maximum Gasteiger partial charge on any atom is 0.274 e. The second-order valence-electron chi connectivity index (χ2n) is 8.14. The van der Waals surface area contributed by atoms with Gasteiger partial charge in [-0.05, 0) is 42.3 Å². The van der Waals surface area contributed by atoms with E-state index in [1.165, 1.54) is 11.3 Å². The topological polar surface area (TPSA) is 79.6 Å². The second kappa shape index (κ2) is 8.70. The Balaban J connectivity index is 1.51. The molecule has 0 spiro atoms. The van der Waals surface area contributed by atoms with Crippen LogP contribution in [0.15, 0.2) is 48.9 Å². The molecule has 164 valence electrons. The number of hydrogen-bond donors (Lipinski definition) is 1. The first kappa shape index (κ1) is 20.6. The lowest BCUT2D eigenvalue weighted by atomic mass is 9.97. The molecule has 0 saturated carbocycles. The highest BCUT2D eigenvalue weighted by Crippen LogP contribution is 2.34. The Morgan fingerprint density at radius 1 is 1.19 bits per heavy atom. The maximum atomic E-state index is 13.5. The Bertz CT molecular complexity index is 1260. The lowest BCUT2D eigenvalue weighted by Crippen LogP contribution is -2.41. The summed E-state index contributed by atoms with van der Waals surface area (Å²) in [5.74, 6) is 0.385. The van der Waals surface area contributed by atoms with Crippen LogP contribution in [0.5, 0.6) is 0 Å². The first-order valence-electron chi connectivity index (χ1n) is 11.0. The van der Waals surface area contributed by atoms with Crippen LogP contribution in [0.1, 0.15) is 51.4 Å². The number of aromatic nitrogens is 3. The van der Waals surface area contributed by atoms with E-state index in [1.807, 2.05) is 29.3 Å². The van der Waals surface area contributed by atoms with E-state index in [4.69, 9.17) is 0 Å². The van der Waals surface area contributed by atoms with Crippen molar-refractivity contribution in [1.82, 2.24) is 24.6 Å². The zero-order valence-electron chi connectivity index (χ0n) is 18.0. The molecular weight excluding hydrogens is 422 g/mol. The van der Waals surface area contributed by atoms with Gasteiger partial charge in [-0.3, -0.25) is 14.0 Å². The van der Waals surface area contributed by atoms with E-state index >= 15 is 0 Å². The van der Waals surface area contributed by atoms with Gasteiger partial charge in [0.1, 0.15) is 5.69 Å². The summed E-state index contributed by atoms with van der Waals surface area (Å²) < 4.78 is 2.87. The molecule has 0 aliphatic carbocycles. The summed E-state index contributed by atoms with van der Waals surface area (Å²) in [5, 5.41) is 3.88. The molecule has 1 fully saturated rings. The molecular formula is C24H25N5O2S. The van der Waals surface area contributed by atoms with Gasteiger partial charge in [0.15, 0.2) is 0 Å². The van der Waals surface area contributed by atoms with Gasteiger partial charge in [-0.1, -0.05) is 31.0 Å². The summed E-state index contributed by atoms with van der Waals surface area (Å²) in [6.07, 6.45) is 9.98. The molecule has 1 aromatic carbocycles. The van der Waals surface area contributed by atoms with Crippen molar-refractivity contribution < 1.29 is 9.59 Å². The van der Waals surface area contributed by atoms with E-state index in [0.717, 1.165) is 46.2 Å². The summed E-state index contributed by atoms with van der Waals surface area (Å²) in [5.41, 5.74) is 1.45. The van der Waals surface area contributed by atoms with Crippen LogP contribution in [0.4, 0.5) is 0 Å². The SMILES string of the molecule is CNC(=O)c1sc2ccccc2c1CC1CCCCCN1C(=O)c1cn2cccnc2n1. The lowest BCUT2D eigenvalue weighted by Gasteiger charge is -2.30. The average Bonchev–Trinajstić information content (AvgIpc) is 3.33. The molecule has 32 heavy (non-hydrogen) atoms. The molecule has 0 radical (unpaired) electrons. The Labute approximate surface area is 190 Å². The number of thiophene rings is 1. The van der Waals surface area contributed by atoms with Gasteiger partial charge in [0.25, 0.3) is 11.8 Å². The molecule has 1 aliphatic rings. The minimum Gasteiger partial charge on any atom is -0.354 e. The number of fused-ring (bicyclic) bond motifs is 2. The van der Waals surface area contributed by atoms with Crippen molar-refractivity contribution in [1.29, 1.82) is 0 Å². The van der Waals surface area contributed by atoms with E-state index in [1.54, 1.807) is 23.8 Å². The summed E-state index contributed by atoms with van der Waals surface area (Å²) in [6.45, 7) is 0.697. The van der Waals surface area contributed by atoms with Gasteiger partial charge < -0.3 is 10.2 Å². The van der Waals surface area contributed by atoms with Crippen LogP contribution in [-0.2, 0) is 6.42 Å². The van der Waals surface area contributed by atoms with Crippen LogP contribution >= 0.6 is 11.3 Å². The van der Waals surface area contributed by atoms with Crippen molar-refractivity contribution in [3.05, 3.63) is 65.1 Å². The molecule has 4 aromatic rings. The molecule has 1 atom stereocenters. The number of hydrogen-bond acceptors (Lipinski definition) is 5. The fourth-order valence-corrected chi connectivity index (χ4v) is 5.75. The van der Waals surface area contributed by atoms with Crippen LogP contribution in [-0.4, -0.2) is 50.7 Å². The highest BCUT2D eigenvalue weighted by atomic mass is 32.1. The van der Waals surface area contributed by atoms with Gasteiger partial charge in [0, 0.05) is 42.9 Å². The number of likely N-dealkylation sites (tertiary alicyclic amines) is 1. The number of nitrogens with one attached hydrogen (secondary N) is 1. The Morgan fingerprint density at radius 2 is 2.06 bits per heavy atom. The third-order valence-corrected chi connectivity index (χ3v) is 7.38. The van der Waals surface area contributed by atoms with E-state index in [2.05, 4.69) is 27.4 Å². The monoisotopic (exact) mass is 447 g/mol. The third kappa shape index (κ3) is 3.75. The smallest absolute Gasteiger partial charge is 0.274 e. The van der Waals surface area contributed by atoms with Crippen molar-refractivity contribution in [3.8, 4) is 0 Å². The van der Waals surface area contributed by atoms with Crippen LogP contribution in [0.3, 0.4) is 0 Å². The summed E-state index contributed by atoms with van der Waals surface area (Å²) >= 11 is 1.52. The molecule has 8 heteroatoms. The van der Waals surface area contributed by atoms with Crippen LogP contribution in [0.25, 0.3) is 15.9 Å². The number of carbonyl (C=O) groups is 2. The Hall–Kier alpha value is -3.26. The first-order chi connectivity index (χ1) is 15.7. The predicted octanol–water partition coefficient (Wildman–Crippen LogP) is 3.93. The van der Waals surface area contributed by atoms with Gasteiger partial charge in [-0.2, -0.15) is 0 Å². The molecule has 3 aromatic heterocycles. The molecule has 1 saturated heterocycles. The zero-order valence-corrected chi connectivity index (χ0v) is 18.8. The van der Waals surface area contributed by atoms with Gasteiger partial charge in [0.2, 0.25) is 5.78 Å². The molecule has 1 N–H and O–H groups in total. The van der Waals surface area contributed by atoms with Crippen LogP contribution in [0.2, 0.25) is 0 Å². The summed E-state index contributed by atoms with van der Waals surface area (Å²) in [6, 6.07) is 9.96. The molecule has 0 bridgehead atoms. The van der Waals surface area contributed by atoms with Gasteiger partial charge >= 0.3 is 0 Å². The van der Waals surface area contributed by atoms with Crippen molar-refractivity contribution in [2.75, 3.05) is 13.6 Å². The standard InChI is InChI=1S/C24H25N5O2S/c1-25-22(30)21-18(17-9-4-5-10-20(17)32-21)14-16-8-3-2-6-13-29(16)23(31)19-15-28-12-7-11-26-24(28)27-19/h4-5,7,9-12,15-16H,2-3,6,8,13-14H2,1H3,(H,25,30). The molecule has 2 amide bonds. The third-order valence-electron chi connectivity index (χ3n) is 6.16. The van der Waals surface area contributed by atoms with Crippen molar-refractivity contribution in [2.24, 2.45) is 0 Å². The minimum absolute atomic E-state index is 0.0178. The van der Waals surface area contributed by atoms with Crippen LogP contribution < -0.4 is 5.32 Å². The largest absolute Gasteiger partial charge is 0.354 e. The van der Waals surface area contributed by atoms with E-state index in [-0.39, 0.29) is 17.9 Å². The number of carbonyl (C=O) groups excluding carboxylic acids is 2. The van der Waals surface area contributed by atoms with Gasteiger partial charge in [-0.15, -0.1) is 11.3 Å². The fraction of sp³-hybridized carbons (Fsp3) is 0.333. The number of nitrogens with zero attached hydrogens (tertiary/aromatic N) is 4. The number of rotatable bonds is 4.